The van der Waals surface area contributed by atoms with Crippen LogP contribution in [-0.2, 0) is 4.79 Å². The lowest BCUT2D eigenvalue weighted by molar-refractivity contribution is -0.116. The number of anilines is 1. The van der Waals surface area contributed by atoms with Crippen LogP contribution in [0.25, 0.3) is 0 Å². The number of amides is 1. The molecule has 1 aromatic carbocycles. The third-order valence-electron chi connectivity index (χ3n) is 3.50. The van der Waals surface area contributed by atoms with Crippen molar-refractivity contribution in [1.82, 2.24) is 5.32 Å². The number of hydrogen-bond donors (Lipinski definition) is 3. The molecule has 0 heterocycles. The molecule has 0 radical (unpaired) electrons. The van der Waals surface area contributed by atoms with Crippen molar-refractivity contribution in [1.29, 1.82) is 0 Å². The second kappa shape index (κ2) is 8.80. The molecule has 0 saturated carbocycles. The summed E-state index contributed by atoms with van der Waals surface area (Å²) in [4.78, 5) is 11.9. The van der Waals surface area contributed by atoms with E-state index in [-0.39, 0.29) is 24.0 Å². The van der Waals surface area contributed by atoms with Gasteiger partial charge in [-0.05, 0) is 43.9 Å². The quantitative estimate of drug-likeness (QED) is 0.613. The van der Waals surface area contributed by atoms with E-state index in [2.05, 4.69) is 24.5 Å². The van der Waals surface area contributed by atoms with Crippen LogP contribution >= 0.6 is 0 Å². The van der Waals surface area contributed by atoms with Gasteiger partial charge in [0.15, 0.2) is 0 Å². The first-order valence-electron chi connectivity index (χ1n) is 7.62. The molecule has 1 aromatic rings. The van der Waals surface area contributed by atoms with Crippen molar-refractivity contribution in [3.8, 4) is 0 Å². The number of para-hydroxylation sites is 1. The summed E-state index contributed by atoms with van der Waals surface area (Å²) in [5, 5.41) is 15.4. The Kier molecular flexibility index (Phi) is 7.40. The molecule has 1 rings (SSSR count). The fourth-order valence-electron chi connectivity index (χ4n) is 2.08. The highest BCUT2D eigenvalue weighted by atomic mass is 16.3. The first-order chi connectivity index (χ1) is 9.93. The van der Waals surface area contributed by atoms with E-state index in [1.165, 1.54) is 0 Å². The maximum atomic E-state index is 11.9. The highest BCUT2D eigenvalue weighted by Gasteiger charge is 2.15. The molecule has 21 heavy (non-hydrogen) atoms. The second-order valence-corrected chi connectivity index (χ2v) is 6.40. The smallest absolute Gasteiger partial charge is 0.225 e. The maximum Gasteiger partial charge on any atom is 0.225 e. The molecule has 0 spiro atoms. The zero-order chi connectivity index (χ0) is 15.7. The summed E-state index contributed by atoms with van der Waals surface area (Å²) in [5.74, 6) is 0.0249. The first-order valence-corrected chi connectivity index (χ1v) is 7.62. The highest BCUT2D eigenvalue weighted by Crippen LogP contribution is 2.20. The van der Waals surface area contributed by atoms with E-state index in [0.717, 1.165) is 25.1 Å². The van der Waals surface area contributed by atoms with Crippen LogP contribution in [0.2, 0.25) is 0 Å². The van der Waals surface area contributed by atoms with Crippen molar-refractivity contribution in [2.45, 2.75) is 46.1 Å². The van der Waals surface area contributed by atoms with E-state index in [1.807, 2.05) is 37.3 Å². The molecule has 0 aromatic heterocycles. The van der Waals surface area contributed by atoms with Gasteiger partial charge >= 0.3 is 0 Å². The predicted octanol–water partition coefficient (Wildman–Crippen LogP) is 2.79. The fraction of sp³-hybridized carbons (Fsp3) is 0.588. The highest BCUT2D eigenvalue weighted by molar-refractivity contribution is 5.90. The third-order valence-corrected chi connectivity index (χ3v) is 3.50. The molecular weight excluding hydrogens is 264 g/mol. The largest absolute Gasteiger partial charge is 0.396 e. The molecule has 0 fully saturated rings. The number of nitrogens with one attached hydrogen (secondary N) is 2. The van der Waals surface area contributed by atoms with Gasteiger partial charge in [0.05, 0.1) is 0 Å². The van der Waals surface area contributed by atoms with E-state index in [1.54, 1.807) is 0 Å². The molecule has 4 heteroatoms. The van der Waals surface area contributed by atoms with E-state index in [4.69, 9.17) is 0 Å². The van der Waals surface area contributed by atoms with Gasteiger partial charge in [-0.15, -0.1) is 0 Å². The van der Waals surface area contributed by atoms with Crippen LogP contribution in [0.15, 0.2) is 30.3 Å². The molecule has 1 atom stereocenters. The van der Waals surface area contributed by atoms with Crippen LogP contribution in [0.3, 0.4) is 0 Å². The van der Waals surface area contributed by atoms with Crippen molar-refractivity contribution in [3.05, 3.63) is 30.3 Å². The summed E-state index contributed by atoms with van der Waals surface area (Å²) in [6, 6.07) is 9.64. The lowest BCUT2D eigenvalue weighted by atomic mass is 9.89. The van der Waals surface area contributed by atoms with Crippen LogP contribution in [0, 0.1) is 5.41 Å². The minimum absolute atomic E-state index is 0.0183. The normalized spacial score (nSPS) is 13.0. The molecule has 0 aliphatic heterocycles. The lowest BCUT2D eigenvalue weighted by Gasteiger charge is -2.22. The van der Waals surface area contributed by atoms with E-state index in [0.29, 0.717) is 6.42 Å². The van der Waals surface area contributed by atoms with Crippen molar-refractivity contribution in [3.63, 3.8) is 0 Å². The minimum atomic E-state index is -0.0183. The Morgan fingerprint density at radius 3 is 2.57 bits per heavy atom. The number of carbonyl (C=O) groups excluding carboxylic acids is 1. The summed E-state index contributed by atoms with van der Waals surface area (Å²) < 4.78 is 0. The monoisotopic (exact) mass is 292 g/mol. The van der Waals surface area contributed by atoms with Gasteiger partial charge in [-0.2, -0.15) is 0 Å². The van der Waals surface area contributed by atoms with Gasteiger partial charge in [0.1, 0.15) is 0 Å². The van der Waals surface area contributed by atoms with Gasteiger partial charge < -0.3 is 15.7 Å². The zero-order valence-electron chi connectivity index (χ0n) is 13.4. The van der Waals surface area contributed by atoms with Gasteiger partial charge in [-0.3, -0.25) is 4.79 Å². The summed E-state index contributed by atoms with van der Waals surface area (Å²) in [7, 11) is 0. The van der Waals surface area contributed by atoms with E-state index < -0.39 is 0 Å². The lowest BCUT2D eigenvalue weighted by Crippen LogP contribution is -2.32. The SMILES string of the molecule is CC(CC(=O)Nc1ccccc1)NCCCC(C)(C)CO. The maximum absolute atomic E-state index is 11.9. The number of aliphatic hydroxyl groups is 1. The molecule has 0 aliphatic rings. The first kappa shape index (κ1) is 17.7. The second-order valence-electron chi connectivity index (χ2n) is 6.40. The molecule has 1 amide bonds. The van der Waals surface area contributed by atoms with Crippen LogP contribution in [-0.4, -0.2) is 30.2 Å². The number of hydrogen-bond acceptors (Lipinski definition) is 3. The average molecular weight is 292 g/mol. The molecule has 3 N–H and O–H groups in total. The summed E-state index contributed by atoms with van der Waals surface area (Å²) in [6.45, 7) is 7.21. The number of rotatable bonds is 9. The van der Waals surface area contributed by atoms with Gasteiger partial charge in [-0.1, -0.05) is 32.0 Å². The molecule has 118 valence electrons. The summed E-state index contributed by atoms with van der Waals surface area (Å²) in [6.07, 6.45) is 2.43. The van der Waals surface area contributed by atoms with E-state index >= 15 is 0 Å². The Balaban J connectivity index is 2.18. The van der Waals surface area contributed by atoms with Gasteiger partial charge in [-0.25, -0.2) is 0 Å². The molecule has 0 aliphatic carbocycles. The fourth-order valence-corrected chi connectivity index (χ4v) is 2.08. The van der Waals surface area contributed by atoms with Crippen LogP contribution in [0.1, 0.15) is 40.0 Å². The van der Waals surface area contributed by atoms with Crippen molar-refractivity contribution < 1.29 is 9.90 Å². The summed E-state index contributed by atoms with van der Waals surface area (Å²) in [5.41, 5.74) is 0.815. The van der Waals surface area contributed by atoms with Crippen LogP contribution in [0.4, 0.5) is 5.69 Å². The van der Waals surface area contributed by atoms with E-state index in [9.17, 15) is 9.90 Å². The molecule has 1 unspecified atom stereocenters. The minimum Gasteiger partial charge on any atom is -0.396 e. The Bertz CT molecular complexity index is 418. The standard InChI is InChI=1S/C17H28N2O2/c1-14(18-11-7-10-17(2,3)13-20)12-16(21)19-15-8-5-4-6-9-15/h4-6,8-9,14,18,20H,7,10-13H2,1-3H3,(H,19,21). The number of aliphatic hydroxyl groups excluding tert-OH is 1. The number of carbonyl (C=O) groups is 1. The van der Waals surface area contributed by atoms with Crippen LogP contribution < -0.4 is 10.6 Å². The van der Waals surface area contributed by atoms with Crippen molar-refractivity contribution >= 4 is 11.6 Å². The Morgan fingerprint density at radius 1 is 1.29 bits per heavy atom. The van der Waals surface area contributed by atoms with Crippen LogP contribution in [0.5, 0.6) is 0 Å². The molecule has 0 bridgehead atoms. The zero-order valence-corrected chi connectivity index (χ0v) is 13.4. The van der Waals surface area contributed by atoms with Gasteiger partial charge in [0, 0.05) is 24.8 Å². The number of benzene rings is 1. The molecule has 0 saturated heterocycles. The Labute approximate surface area is 128 Å². The third kappa shape index (κ3) is 7.83. The van der Waals surface area contributed by atoms with Crippen molar-refractivity contribution in [2.75, 3.05) is 18.5 Å². The average Bonchev–Trinajstić information content (AvgIpc) is 2.44. The Hall–Kier alpha value is -1.39. The van der Waals surface area contributed by atoms with Gasteiger partial charge in [0.2, 0.25) is 5.91 Å². The van der Waals surface area contributed by atoms with Crippen molar-refractivity contribution in [2.24, 2.45) is 5.41 Å². The molecule has 4 nitrogen and oxygen atoms in total. The van der Waals surface area contributed by atoms with Gasteiger partial charge in [0.25, 0.3) is 0 Å². The summed E-state index contributed by atoms with van der Waals surface area (Å²) >= 11 is 0. The topological polar surface area (TPSA) is 61.4 Å². The Morgan fingerprint density at radius 2 is 1.95 bits per heavy atom. The molecular formula is C17H28N2O2. The predicted molar refractivity (Wildman–Crippen MR) is 87.3 cm³/mol.